The third-order valence-electron chi connectivity index (χ3n) is 3.45. The summed E-state index contributed by atoms with van der Waals surface area (Å²) in [6.07, 6.45) is 2.91. The molecule has 0 aromatic rings. The molecule has 1 N–H and O–H groups in total. The van der Waals surface area contributed by atoms with Crippen LogP contribution in [-0.2, 0) is 4.74 Å². The molecule has 1 aliphatic heterocycles. The normalized spacial score (nSPS) is 29.2. The topological polar surface area (TPSA) is 24.5 Å². The third-order valence-corrected chi connectivity index (χ3v) is 3.45. The highest BCUT2D eigenvalue weighted by Crippen LogP contribution is 2.17. The van der Waals surface area contributed by atoms with Gasteiger partial charge < -0.3 is 10.1 Å². The van der Waals surface area contributed by atoms with Gasteiger partial charge in [0.1, 0.15) is 0 Å². The Morgan fingerprint density at radius 2 is 2.19 bits per heavy atom. The molecule has 1 rings (SSSR count). The first-order chi connectivity index (χ1) is 7.67. The van der Waals surface area contributed by atoms with Crippen LogP contribution in [0, 0.1) is 0 Å². The van der Waals surface area contributed by atoms with Crippen LogP contribution in [0.1, 0.15) is 40.5 Å². The average Bonchev–Trinajstić information content (AvgIpc) is 2.23. The fourth-order valence-corrected chi connectivity index (χ4v) is 2.63. The van der Waals surface area contributed by atoms with Gasteiger partial charge in [0, 0.05) is 31.8 Å². The Morgan fingerprint density at radius 3 is 2.75 bits per heavy atom. The minimum atomic E-state index is 0.364. The number of likely N-dealkylation sites (tertiary alicyclic amines) is 1. The van der Waals surface area contributed by atoms with Crippen molar-refractivity contribution >= 4 is 0 Å². The summed E-state index contributed by atoms with van der Waals surface area (Å²) in [5.74, 6) is 0. The van der Waals surface area contributed by atoms with E-state index in [1.54, 1.807) is 0 Å². The molecule has 1 saturated heterocycles. The number of piperidine rings is 1. The zero-order valence-electron chi connectivity index (χ0n) is 11.3. The smallest absolute Gasteiger partial charge is 0.0673 e. The molecule has 1 heterocycles. The number of hydrogen-bond donors (Lipinski definition) is 1. The van der Waals surface area contributed by atoms with Crippen LogP contribution in [-0.4, -0.2) is 49.3 Å². The first kappa shape index (κ1) is 13.9. The molecule has 0 aliphatic carbocycles. The second-order valence-electron chi connectivity index (χ2n) is 4.89. The van der Waals surface area contributed by atoms with Crippen LogP contribution in [0.5, 0.6) is 0 Å². The Labute approximate surface area is 101 Å². The van der Waals surface area contributed by atoms with E-state index < -0.39 is 0 Å². The Morgan fingerprint density at radius 1 is 1.44 bits per heavy atom. The standard InChI is InChI=1S/C13H28N2O/c1-5-14-13-7-8-15(11(3)9-13)10-12(4)16-6-2/h11-14H,5-10H2,1-4H3. The van der Waals surface area contributed by atoms with Crippen LogP contribution in [0.3, 0.4) is 0 Å². The quantitative estimate of drug-likeness (QED) is 0.751. The van der Waals surface area contributed by atoms with Gasteiger partial charge in [0.2, 0.25) is 0 Å². The zero-order chi connectivity index (χ0) is 12.0. The van der Waals surface area contributed by atoms with E-state index >= 15 is 0 Å². The lowest BCUT2D eigenvalue weighted by Gasteiger charge is -2.39. The monoisotopic (exact) mass is 228 g/mol. The van der Waals surface area contributed by atoms with E-state index in [0.717, 1.165) is 25.7 Å². The van der Waals surface area contributed by atoms with Crippen molar-refractivity contribution in [3.8, 4) is 0 Å². The van der Waals surface area contributed by atoms with Crippen LogP contribution < -0.4 is 5.32 Å². The minimum absolute atomic E-state index is 0.364. The number of nitrogens with one attached hydrogen (secondary N) is 1. The Bertz CT molecular complexity index is 187. The molecule has 16 heavy (non-hydrogen) atoms. The van der Waals surface area contributed by atoms with E-state index in [1.807, 2.05) is 0 Å². The third kappa shape index (κ3) is 4.40. The van der Waals surface area contributed by atoms with E-state index in [-0.39, 0.29) is 0 Å². The van der Waals surface area contributed by atoms with Crippen molar-refractivity contribution in [3.63, 3.8) is 0 Å². The van der Waals surface area contributed by atoms with E-state index in [9.17, 15) is 0 Å². The Balaban J connectivity index is 2.29. The molecule has 0 bridgehead atoms. The maximum absolute atomic E-state index is 5.61. The van der Waals surface area contributed by atoms with Crippen molar-refractivity contribution in [1.82, 2.24) is 10.2 Å². The predicted octanol–water partition coefficient (Wildman–Crippen LogP) is 1.87. The molecule has 3 unspecified atom stereocenters. The molecular weight excluding hydrogens is 200 g/mol. The molecule has 0 amide bonds. The largest absolute Gasteiger partial charge is 0.377 e. The first-order valence-corrected chi connectivity index (χ1v) is 6.76. The van der Waals surface area contributed by atoms with Gasteiger partial charge in [-0.15, -0.1) is 0 Å². The van der Waals surface area contributed by atoms with Gasteiger partial charge in [-0.05, 0) is 40.2 Å². The first-order valence-electron chi connectivity index (χ1n) is 6.76. The van der Waals surface area contributed by atoms with E-state index in [1.165, 1.54) is 19.4 Å². The summed E-state index contributed by atoms with van der Waals surface area (Å²) in [6.45, 7) is 13.0. The number of rotatable bonds is 6. The Kier molecular flexibility index (Phi) is 6.32. The van der Waals surface area contributed by atoms with Crippen molar-refractivity contribution in [3.05, 3.63) is 0 Å². The van der Waals surface area contributed by atoms with Crippen molar-refractivity contribution in [2.45, 2.75) is 58.7 Å². The SMILES string of the molecule is CCNC1CCN(CC(C)OCC)C(C)C1. The van der Waals surface area contributed by atoms with Gasteiger partial charge >= 0.3 is 0 Å². The minimum Gasteiger partial charge on any atom is -0.377 e. The van der Waals surface area contributed by atoms with Crippen molar-refractivity contribution in [2.75, 3.05) is 26.2 Å². The molecular formula is C13H28N2O. The van der Waals surface area contributed by atoms with E-state index in [2.05, 4.69) is 37.9 Å². The molecule has 3 heteroatoms. The summed E-state index contributed by atoms with van der Waals surface area (Å²) < 4.78 is 5.61. The molecule has 0 aromatic heterocycles. The lowest BCUT2D eigenvalue weighted by atomic mass is 9.98. The summed E-state index contributed by atoms with van der Waals surface area (Å²) in [5.41, 5.74) is 0. The lowest BCUT2D eigenvalue weighted by molar-refractivity contribution is 0.0226. The highest BCUT2D eigenvalue weighted by atomic mass is 16.5. The molecule has 0 radical (unpaired) electrons. The summed E-state index contributed by atoms with van der Waals surface area (Å²) in [7, 11) is 0. The van der Waals surface area contributed by atoms with Gasteiger partial charge in [0.05, 0.1) is 6.10 Å². The van der Waals surface area contributed by atoms with Crippen LogP contribution in [0.25, 0.3) is 0 Å². The van der Waals surface area contributed by atoms with E-state index in [0.29, 0.717) is 12.1 Å². The van der Waals surface area contributed by atoms with Crippen LogP contribution >= 0.6 is 0 Å². The highest BCUT2D eigenvalue weighted by molar-refractivity contribution is 4.83. The molecule has 3 atom stereocenters. The molecule has 1 aliphatic rings. The summed E-state index contributed by atoms with van der Waals surface area (Å²) in [4.78, 5) is 2.56. The summed E-state index contributed by atoms with van der Waals surface area (Å²) in [5, 5.41) is 3.56. The number of hydrogen-bond acceptors (Lipinski definition) is 3. The molecule has 96 valence electrons. The fraction of sp³-hybridized carbons (Fsp3) is 1.00. The van der Waals surface area contributed by atoms with Gasteiger partial charge in [-0.25, -0.2) is 0 Å². The summed E-state index contributed by atoms with van der Waals surface area (Å²) >= 11 is 0. The second-order valence-corrected chi connectivity index (χ2v) is 4.89. The molecule has 1 fully saturated rings. The maximum Gasteiger partial charge on any atom is 0.0673 e. The van der Waals surface area contributed by atoms with Crippen LogP contribution in [0.15, 0.2) is 0 Å². The Hall–Kier alpha value is -0.120. The van der Waals surface area contributed by atoms with E-state index in [4.69, 9.17) is 4.74 Å². The lowest BCUT2D eigenvalue weighted by Crippen LogP contribution is -2.49. The molecule has 0 spiro atoms. The number of nitrogens with zero attached hydrogens (tertiary/aromatic N) is 1. The van der Waals surface area contributed by atoms with Gasteiger partial charge in [-0.2, -0.15) is 0 Å². The van der Waals surface area contributed by atoms with Crippen molar-refractivity contribution in [1.29, 1.82) is 0 Å². The molecule has 3 nitrogen and oxygen atoms in total. The van der Waals surface area contributed by atoms with Gasteiger partial charge in [-0.3, -0.25) is 4.90 Å². The van der Waals surface area contributed by atoms with Crippen molar-refractivity contribution < 1.29 is 4.74 Å². The van der Waals surface area contributed by atoms with Crippen LogP contribution in [0.4, 0.5) is 0 Å². The molecule has 0 saturated carbocycles. The van der Waals surface area contributed by atoms with Gasteiger partial charge in [0.15, 0.2) is 0 Å². The van der Waals surface area contributed by atoms with Gasteiger partial charge in [-0.1, -0.05) is 6.92 Å². The predicted molar refractivity (Wildman–Crippen MR) is 68.8 cm³/mol. The van der Waals surface area contributed by atoms with Crippen LogP contribution in [0.2, 0.25) is 0 Å². The van der Waals surface area contributed by atoms with Crippen molar-refractivity contribution in [2.24, 2.45) is 0 Å². The van der Waals surface area contributed by atoms with Gasteiger partial charge in [0.25, 0.3) is 0 Å². The number of ether oxygens (including phenoxy) is 1. The zero-order valence-corrected chi connectivity index (χ0v) is 11.3. The molecule has 0 aromatic carbocycles. The highest BCUT2D eigenvalue weighted by Gasteiger charge is 2.25. The second kappa shape index (κ2) is 7.25. The summed E-state index contributed by atoms with van der Waals surface area (Å²) in [6, 6.07) is 1.40. The maximum atomic E-state index is 5.61. The average molecular weight is 228 g/mol. The fourth-order valence-electron chi connectivity index (χ4n) is 2.63.